The van der Waals surface area contributed by atoms with Crippen LogP contribution >= 0.6 is 0 Å². The van der Waals surface area contributed by atoms with Gasteiger partial charge in [0.2, 0.25) is 12.2 Å². The summed E-state index contributed by atoms with van der Waals surface area (Å²) in [6.07, 6.45) is 3.72. The first-order valence-electron chi connectivity index (χ1n) is 16.2. The zero-order valence-corrected chi connectivity index (χ0v) is 28.0. The van der Waals surface area contributed by atoms with E-state index < -0.39 is 29.6 Å². The number of aliphatic hydroxyl groups excluding tert-OH is 1. The molecule has 1 aromatic rings. The van der Waals surface area contributed by atoms with Gasteiger partial charge >= 0.3 is 5.97 Å². The zero-order valence-electron chi connectivity index (χ0n) is 28.0. The molecule has 47 heavy (non-hydrogen) atoms. The summed E-state index contributed by atoms with van der Waals surface area (Å²) in [7, 11) is 0. The van der Waals surface area contributed by atoms with Crippen molar-refractivity contribution in [1.29, 1.82) is 0 Å². The van der Waals surface area contributed by atoms with Crippen LogP contribution in [-0.4, -0.2) is 105 Å². The first kappa shape index (κ1) is 38.1. The molecular formula is C34H50N2O11. The Bertz CT molecular complexity index is 1180. The van der Waals surface area contributed by atoms with E-state index in [2.05, 4.69) is 5.32 Å². The number of carbonyl (C=O) groups is 4. The van der Waals surface area contributed by atoms with E-state index in [0.717, 1.165) is 28.9 Å². The van der Waals surface area contributed by atoms with Crippen LogP contribution < -0.4 is 10.1 Å². The van der Waals surface area contributed by atoms with Gasteiger partial charge in [-0.05, 0) is 64.7 Å². The van der Waals surface area contributed by atoms with E-state index in [4.69, 9.17) is 28.4 Å². The number of benzene rings is 1. The van der Waals surface area contributed by atoms with Gasteiger partial charge in [0.15, 0.2) is 0 Å². The molecule has 1 aromatic carbocycles. The molecule has 3 rings (SSSR count). The molecule has 0 aliphatic carbocycles. The van der Waals surface area contributed by atoms with Crippen molar-refractivity contribution in [2.24, 2.45) is 5.41 Å². The third-order valence-electron chi connectivity index (χ3n) is 7.34. The van der Waals surface area contributed by atoms with Crippen LogP contribution in [0.2, 0.25) is 0 Å². The average molecular weight is 663 g/mol. The fraction of sp³-hybridized carbons (Fsp3) is 0.647. The van der Waals surface area contributed by atoms with Gasteiger partial charge < -0.3 is 38.8 Å². The number of imide groups is 1. The highest BCUT2D eigenvalue weighted by Gasteiger charge is 2.28. The summed E-state index contributed by atoms with van der Waals surface area (Å²) in [4.78, 5) is 48.3. The van der Waals surface area contributed by atoms with Crippen LogP contribution in [0.3, 0.4) is 0 Å². The number of nitrogens with zero attached hydrogens (tertiary/aromatic N) is 1. The third kappa shape index (κ3) is 14.1. The second-order valence-corrected chi connectivity index (χ2v) is 12.6. The molecular weight excluding hydrogens is 612 g/mol. The molecule has 0 aromatic heterocycles. The standard InChI is InChI=1S/C34H50N2O11/c1-24-20-27(37)22-32(46-24)47-28-8-7-25(21-26(28)23-45-33(41)34(2,3)4)6-5-14-42-16-18-44-19-17-43-15-12-35-29(38)11-13-36-30(39)9-10-31(36)40/h7-10,21,24,27,32,37H,5-6,11-20,22-23H2,1-4H3,(H,35,38). The number of rotatable bonds is 20. The number of esters is 1. The molecule has 0 bridgehead atoms. The molecule has 0 saturated carbocycles. The predicted molar refractivity (Wildman–Crippen MR) is 170 cm³/mol. The first-order valence-corrected chi connectivity index (χ1v) is 16.2. The van der Waals surface area contributed by atoms with E-state index in [1.54, 1.807) is 20.8 Å². The van der Waals surface area contributed by atoms with Crippen molar-refractivity contribution < 1.29 is 52.7 Å². The molecule has 13 heteroatoms. The Balaban J connectivity index is 1.26. The lowest BCUT2D eigenvalue weighted by atomic mass is 9.97. The molecule has 2 aliphatic rings. The highest BCUT2D eigenvalue weighted by atomic mass is 16.7. The maximum atomic E-state index is 12.4. The largest absolute Gasteiger partial charge is 0.464 e. The molecule has 3 unspecified atom stereocenters. The number of aliphatic hydroxyl groups is 1. The molecule has 2 heterocycles. The van der Waals surface area contributed by atoms with E-state index in [1.165, 1.54) is 12.2 Å². The summed E-state index contributed by atoms with van der Waals surface area (Å²) in [5, 5.41) is 12.8. The second-order valence-electron chi connectivity index (χ2n) is 12.6. The number of hydrogen-bond acceptors (Lipinski definition) is 11. The number of ether oxygens (including phenoxy) is 6. The molecule has 262 valence electrons. The summed E-state index contributed by atoms with van der Waals surface area (Å²) in [5.41, 5.74) is 1.17. The Labute approximate surface area is 276 Å². The quantitative estimate of drug-likeness (QED) is 0.120. The van der Waals surface area contributed by atoms with Gasteiger partial charge in [-0.1, -0.05) is 6.07 Å². The average Bonchev–Trinajstić information content (AvgIpc) is 3.33. The van der Waals surface area contributed by atoms with Crippen LogP contribution in [0.1, 0.15) is 64.5 Å². The van der Waals surface area contributed by atoms with E-state index in [0.29, 0.717) is 64.8 Å². The predicted octanol–water partition coefficient (Wildman–Crippen LogP) is 2.45. The minimum absolute atomic E-state index is 0.0431. The number of aryl methyl sites for hydroxylation is 1. The smallest absolute Gasteiger partial charge is 0.311 e. The Kier molecular flexibility index (Phi) is 15.8. The van der Waals surface area contributed by atoms with Crippen LogP contribution in [0, 0.1) is 5.41 Å². The molecule has 13 nitrogen and oxygen atoms in total. The van der Waals surface area contributed by atoms with Crippen molar-refractivity contribution >= 4 is 23.7 Å². The number of carbonyl (C=O) groups excluding carboxylic acids is 4. The highest BCUT2D eigenvalue weighted by molar-refractivity contribution is 6.13. The summed E-state index contributed by atoms with van der Waals surface area (Å²) in [5.74, 6) is -0.809. The maximum Gasteiger partial charge on any atom is 0.311 e. The summed E-state index contributed by atoms with van der Waals surface area (Å²) >= 11 is 0. The molecule has 0 spiro atoms. The van der Waals surface area contributed by atoms with Gasteiger partial charge in [-0.3, -0.25) is 24.1 Å². The number of hydrogen-bond donors (Lipinski definition) is 2. The highest BCUT2D eigenvalue weighted by Crippen LogP contribution is 2.28. The zero-order chi connectivity index (χ0) is 34.2. The van der Waals surface area contributed by atoms with Crippen molar-refractivity contribution in [1.82, 2.24) is 10.2 Å². The lowest BCUT2D eigenvalue weighted by molar-refractivity contribution is -0.170. The fourth-order valence-electron chi connectivity index (χ4n) is 4.80. The van der Waals surface area contributed by atoms with Gasteiger partial charge in [0.25, 0.3) is 11.8 Å². The number of amides is 3. The van der Waals surface area contributed by atoms with E-state index in [9.17, 15) is 24.3 Å². The monoisotopic (exact) mass is 662 g/mol. The minimum Gasteiger partial charge on any atom is -0.464 e. The topological polar surface area (TPSA) is 159 Å². The molecule has 1 fully saturated rings. The van der Waals surface area contributed by atoms with Gasteiger partial charge in [0, 0.05) is 50.3 Å². The van der Waals surface area contributed by atoms with Crippen LogP contribution in [0.15, 0.2) is 30.4 Å². The minimum atomic E-state index is -0.626. The summed E-state index contributed by atoms with van der Waals surface area (Å²) in [6, 6.07) is 5.80. The normalized spacial score (nSPS) is 19.7. The van der Waals surface area contributed by atoms with Crippen molar-refractivity contribution in [3.05, 3.63) is 41.5 Å². The van der Waals surface area contributed by atoms with Crippen LogP contribution in [-0.2, 0) is 55.9 Å². The van der Waals surface area contributed by atoms with Crippen molar-refractivity contribution in [2.75, 3.05) is 52.7 Å². The number of nitrogens with one attached hydrogen (secondary N) is 1. The second kappa shape index (κ2) is 19.5. The van der Waals surface area contributed by atoms with E-state index >= 15 is 0 Å². The SMILES string of the molecule is CC1CC(O)CC(Oc2ccc(CCCOCCOCCOCCNC(=O)CCN3C(=O)C=CC3=O)cc2COC(=O)C(C)(C)C)O1. The molecule has 2 aliphatic heterocycles. The van der Waals surface area contributed by atoms with Gasteiger partial charge in [-0.2, -0.15) is 0 Å². The van der Waals surface area contributed by atoms with Crippen molar-refractivity contribution in [3.63, 3.8) is 0 Å². The van der Waals surface area contributed by atoms with Gasteiger partial charge in [0.1, 0.15) is 12.4 Å². The molecule has 0 radical (unpaired) electrons. The molecule has 1 saturated heterocycles. The Hall–Kier alpha value is -3.36. The maximum absolute atomic E-state index is 12.4. The molecule has 3 amide bonds. The first-order chi connectivity index (χ1) is 22.4. The Morgan fingerprint density at radius 2 is 1.64 bits per heavy atom. The lowest BCUT2D eigenvalue weighted by Gasteiger charge is -2.32. The summed E-state index contributed by atoms with van der Waals surface area (Å²) in [6.45, 7) is 10.3. The third-order valence-corrected chi connectivity index (χ3v) is 7.34. The van der Waals surface area contributed by atoms with Gasteiger partial charge in [-0.15, -0.1) is 0 Å². The van der Waals surface area contributed by atoms with E-state index in [1.807, 2.05) is 25.1 Å². The lowest BCUT2D eigenvalue weighted by Crippen LogP contribution is -2.37. The Morgan fingerprint density at radius 3 is 2.30 bits per heavy atom. The van der Waals surface area contributed by atoms with Crippen molar-refractivity contribution in [3.8, 4) is 5.75 Å². The van der Waals surface area contributed by atoms with Gasteiger partial charge in [0.05, 0.1) is 50.7 Å². The van der Waals surface area contributed by atoms with E-state index in [-0.39, 0.29) is 37.6 Å². The van der Waals surface area contributed by atoms with Crippen molar-refractivity contribution in [2.45, 2.75) is 84.9 Å². The molecule has 3 atom stereocenters. The van der Waals surface area contributed by atoms with Crippen LogP contribution in [0.25, 0.3) is 0 Å². The van der Waals surface area contributed by atoms with Crippen LogP contribution in [0.5, 0.6) is 5.75 Å². The van der Waals surface area contributed by atoms with Crippen LogP contribution in [0.4, 0.5) is 0 Å². The fourth-order valence-corrected chi connectivity index (χ4v) is 4.80. The Morgan fingerprint density at radius 1 is 0.979 bits per heavy atom. The summed E-state index contributed by atoms with van der Waals surface area (Å²) < 4.78 is 34.2. The van der Waals surface area contributed by atoms with Gasteiger partial charge in [-0.25, -0.2) is 0 Å². The molecule has 2 N–H and O–H groups in total.